The van der Waals surface area contributed by atoms with Gasteiger partial charge in [-0.1, -0.05) is 0 Å². The third-order valence-corrected chi connectivity index (χ3v) is 2.44. The molecule has 0 bridgehead atoms. The van der Waals surface area contributed by atoms with Crippen LogP contribution in [-0.2, 0) is 4.74 Å². The molecule has 23 heavy (non-hydrogen) atoms. The zero-order valence-corrected chi connectivity index (χ0v) is 11.4. The SMILES string of the molecule is O=C(O)c1cc(C(=O)NCCOCC(F)(F)F)cc([N+](=O)[O-])c1. The molecule has 0 aromatic heterocycles. The Labute approximate surface area is 127 Å². The van der Waals surface area contributed by atoms with Crippen LogP contribution in [-0.4, -0.2) is 47.8 Å². The van der Waals surface area contributed by atoms with Gasteiger partial charge in [0.15, 0.2) is 0 Å². The number of non-ortho nitro benzene ring substituents is 1. The fourth-order valence-electron chi connectivity index (χ4n) is 1.50. The Hall–Kier alpha value is -2.69. The average molecular weight is 336 g/mol. The minimum absolute atomic E-state index is 0.278. The number of aromatic carboxylic acids is 1. The number of benzene rings is 1. The lowest BCUT2D eigenvalue weighted by Gasteiger charge is -2.09. The molecule has 1 aromatic rings. The lowest BCUT2D eigenvalue weighted by atomic mass is 10.1. The van der Waals surface area contributed by atoms with Crippen molar-refractivity contribution in [3.63, 3.8) is 0 Å². The molecule has 2 N–H and O–H groups in total. The van der Waals surface area contributed by atoms with E-state index in [1.807, 2.05) is 0 Å². The normalized spacial score (nSPS) is 11.1. The summed E-state index contributed by atoms with van der Waals surface area (Å²) in [5.41, 5.74) is -1.35. The van der Waals surface area contributed by atoms with E-state index in [0.29, 0.717) is 0 Å². The summed E-state index contributed by atoms with van der Waals surface area (Å²) in [6.45, 7) is -2.17. The van der Waals surface area contributed by atoms with Gasteiger partial charge in [-0.3, -0.25) is 14.9 Å². The Bertz CT molecular complexity index is 585. The van der Waals surface area contributed by atoms with Gasteiger partial charge >= 0.3 is 12.1 Å². The lowest BCUT2D eigenvalue weighted by Crippen LogP contribution is -2.29. The summed E-state index contributed by atoms with van der Waals surface area (Å²) in [6, 6.07) is 2.56. The molecule has 0 aliphatic rings. The molecule has 0 saturated carbocycles. The Morgan fingerprint density at radius 1 is 1.26 bits per heavy atom. The lowest BCUT2D eigenvalue weighted by molar-refractivity contribution is -0.384. The van der Waals surface area contributed by atoms with Gasteiger partial charge in [-0.25, -0.2) is 4.79 Å². The van der Waals surface area contributed by atoms with Crippen molar-refractivity contribution >= 4 is 17.6 Å². The average Bonchev–Trinajstić information content (AvgIpc) is 2.44. The van der Waals surface area contributed by atoms with Crippen molar-refractivity contribution in [2.24, 2.45) is 0 Å². The summed E-state index contributed by atoms with van der Waals surface area (Å²) in [7, 11) is 0. The van der Waals surface area contributed by atoms with Gasteiger partial charge in [-0.15, -0.1) is 0 Å². The zero-order chi connectivity index (χ0) is 17.6. The predicted octanol–water partition coefficient (Wildman–Crippen LogP) is 1.60. The number of carboxylic acid groups (broad SMARTS) is 1. The van der Waals surface area contributed by atoms with Crippen LogP contribution in [0.3, 0.4) is 0 Å². The number of carboxylic acids is 1. The van der Waals surface area contributed by atoms with E-state index < -0.39 is 47.4 Å². The van der Waals surface area contributed by atoms with E-state index >= 15 is 0 Å². The Balaban J connectivity index is 2.68. The largest absolute Gasteiger partial charge is 0.478 e. The molecule has 1 rings (SSSR count). The molecule has 0 saturated heterocycles. The van der Waals surface area contributed by atoms with E-state index in [2.05, 4.69) is 10.1 Å². The molecule has 1 amide bonds. The highest BCUT2D eigenvalue weighted by molar-refractivity contribution is 5.98. The summed E-state index contributed by atoms with van der Waals surface area (Å²) in [5.74, 6) is -2.33. The van der Waals surface area contributed by atoms with Gasteiger partial charge in [0.05, 0.1) is 17.1 Å². The molecule has 0 unspecified atom stereocenters. The van der Waals surface area contributed by atoms with Crippen LogP contribution in [0.2, 0.25) is 0 Å². The first-order valence-electron chi connectivity index (χ1n) is 6.05. The van der Waals surface area contributed by atoms with E-state index in [4.69, 9.17) is 5.11 Å². The number of rotatable bonds is 7. The third-order valence-electron chi connectivity index (χ3n) is 2.44. The van der Waals surface area contributed by atoms with Crippen molar-refractivity contribution in [2.45, 2.75) is 6.18 Å². The fraction of sp³-hybridized carbons (Fsp3) is 0.333. The standard InChI is InChI=1S/C12H11F3N2O6/c13-12(14,15)6-23-2-1-16-10(18)7-3-8(11(19)20)5-9(4-7)17(21)22/h3-5H,1-2,6H2,(H,16,18)(H,19,20). The maximum atomic E-state index is 11.8. The minimum atomic E-state index is -4.49. The molecule has 0 atom stereocenters. The molecule has 0 radical (unpaired) electrons. The van der Waals surface area contributed by atoms with Crippen molar-refractivity contribution in [3.05, 3.63) is 39.4 Å². The number of nitrogens with zero attached hydrogens (tertiary/aromatic N) is 1. The van der Waals surface area contributed by atoms with E-state index in [0.717, 1.165) is 18.2 Å². The Kier molecular flexibility index (Phi) is 6.02. The van der Waals surface area contributed by atoms with E-state index in [-0.39, 0.29) is 12.1 Å². The number of alkyl halides is 3. The molecule has 0 spiro atoms. The number of ether oxygens (including phenoxy) is 1. The summed E-state index contributed by atoms with van der Waals surface area (Å²) in [4.78, 5) is 32.4. The minimum Gasteiger partial charge on any atom is -0.478 e. The van der Waals surface area contributed by atoms with E-state index in [1.165, 1.54) is 0 Å². The number of nitro benzene ring substituents is 1. The first-order chi connectivity index (χ1) is 10.6. The zero-order valence-electron chi connectivity index (χ0n) is 11.4. The summed E-state index contributed by atoms with van der Waals surface area (Å²) < 4.78 is 39.7. The van der Waals surface area contributed by atoms with Gasteiger partial charge in [0.25, 0.3) is 11.6 Å². The van der Waals surface area contributed by atoms with Crippen LogP contribution in [0.1, 0.15) is 20.7 Å². The van der Waals surface area contributed by atoms with Crippen LogP contribution in [0.15, 0.2) is 18.2 Å². The molecular weight excluding hydrogens is 325 g/mol. The predicted molar refractivity (Wildman–Crippen MR) is 69.3 cm³/mol. The molecule has 126 valence electrons. The molecule has 0 fully saturated rings. The number of halogens is 3. The van der Waals surface area contributed by atoms with Crippen LogP contribution >= 0.6 is 0 Å². The van der Waals surface area contributed by atoms with Crippen molar-refractivity contribution in [1.82, 2.24) is 5.32 Å². The third kappa shape index (κ3) is 6.30. The quantitative estimate of drug-likeness (QED) is 0.443. The molecule has 1 aromatic carbocycles. The van der Waals surface area contributed by atoms with Crippen LogP contribution in [0.5, 0.6) is 0 Å². The van der Waals surface area contributed by atoms with Gasteiger partial charge < -0.3 is 15.2 Å². The molecular formula is C12H11F3N2O6. The molecule has 8 nitrogen and oxygen atoms in total. The molecule has 0 aliphatic heterocycles. The summed E-state index contributed by atoms with van der Waals surface area (Å²) in [6.07, 6.45) is -4.49. The van der Waals surface area contributed by atoms with Crippen LogP contribution < -0.4 is 5.32 Å². The number of carbonyl (C=O) groups is 2. The van der Waals surface area contributed by atoms with Gasteiger partial charge in [0, 0.05) is 24.2 Å². The van der Waals surface area contributed by atoms with E-state index in [9.17, 15) is 32.9 Å². The first-order valence-corrected chi connectivity index (χ1v) is 6.05. The number of amides is 1. The monoisotopic (exact) mass is 336 g/mol. The maximum absolute atomic E-state index is 11.8. The molecule has 0 heterocycles. The molecule has 11 heteroatoms. The van der Waals surface area contributed by atoms with E-state index in [1.54, 1.807) is 0 Å². The smallest absolute Gasteiger partial charge is 0.411 e. The first kappa shape index (κ1) is 18.4. The fourth-order valence-corrected chi connectivity index (χ4v) is 1.50. The summed E-state index contributed by atoms with van der Waals surface area (Å²) >= 11 is 0. The Morgan fingerprint density at radius 3 is 2.39 bits per heavy atom. The van der Waals surface area contributed by atoms with Gasteiger partial charge in [0.2, 0.25) is 0 Å². The topological polar surface area (TPSA) is 119 Å². The van der Waals surface area contributed by atoms with Crippen molar-refractivity contribution in [2.75, 3.05) is 19.8 Å². The Morgan fingerprint density at radius 2 is 1.87 bits per heavy atom. The number of hydrogen-bond donors (Lipinski definition) is 2. The van der Waals surface area contributed by atoms with Gasteiger partial charge in [-0.2, -0.15) is 13.2 Å². The second kappa shape index (κ2) is 7.54. The van der Waals surface area contributed by atoms with Crippen molar-refractivity contribution < 1.29 is 37.5 Å². The van der Waals surface area contributed by atoms with Crippen LogP contribution in [0.25, 0.3) is 0 Å². The molecule has 0 aliphatic carbocycles. The van der Waals surface area contributed by atoms with Crippen molar-refractivity contribution in [1.29, 1.82) is 0 Å². The second-order valence-electron chi connectivity index (χ2n) is 4.25. The maximum Gasteiger partial charge on any atom is 0.411 e. The number of nitro groups is 1. The highest BCUT2D eigenvalue weighted by Gasteiger charge is 2.27. The second-order valence-corrected chi connectivity index (χ2v) is 4.25. The highest BCUT2D eigenvalue weighted by atomic mass is 19.4. The summed E-state index contributed by atoms with van der Waals surface area (Å²) in [5, 5.41) is 21.7. The van der Waals surface area contributed by atoms with Gasteiger partial charge in [0.1, 0.15) is 6.61 Å². The number of hydrogen-bond acceptors (Lipinski definition) is 5. The van der Waals surface area contributed by atoms with Gasteiger partial charge in [-0.05, 0) is 6.07 Å². The van der Waals surface area contributed by atoms with Crippen LogP contribution in [0.4, 0.5) is 18.9 Å². The number of nitrogens with one attached hydrogen (secondary N) is 1. The highest BCUT2D eigenvalue weighted by Crippen LogP contribution is 2.17. The van der Waals surface area contributed by atoms with Crippen LogP contribution in [0, 0.1) is 10.1 Å². The number of carbonyl (C=O) groups excluding carboxylic acids is 1. The van der Waals surface area contributed by atoms with Crippen molar-refractivity contribution in [3.8, 4) is 0 Å².